The standard InChI is InChI=1S/C12H16/c1-2-3-9-12-10-7-5-4-6-8-11-12/h4-5,7-8,11H,2-3,6,9H2,1H3/b5-4-,11-8-. The Hall–Kier alpha value is -1.00. The molecule has 0 aromatic rings. The Kier molecular flexibility index (Phi) is 4.26. The average molecular weight is 160 g/mol. The fraction of sp³-hybridized carbons (Fsp3) is 0.417. The Bertz CT molecular complexity index is 235. The van der Waals surface area contributed by atoms with Gasteiger partial charge in [-0.25, -0.2) is 0 Å². The van der Waals surface area contributed by atoms with E-state index in [1.54, 1.807) is 0 Å². The zero-order chi connectivity index (χ0) is 8.65. The quantitative estimate of drug-likeness (QED) is 0.551. The number of hydrogen-bond acceptors (Lipinski definition) is 0. The van der Waals surface area contributed by atoms with Crippen molar-refractivity contribution < 1.29 is 0 Å². The molecule has 1 aliphatic rings. The molecule has 64 valence electrons. The Balaban J connectivity index is 2.58. The van der Waals surface area contributed by atoms with E-state index in [0.29, 0.717) is 0 Å². The van der Waals surface area contributed by atoms with E-state index in [0.717, 1.165) is 12.8 Å². The molecule has 0 atom stereocenters. The predicted octanol–water partition coefficient (Wildman–Crippen LogP) is 3.77. The van der Waals surface area contributed by atoms with Crippen molar-refractivity contribution in [2.24, 2.45) is 0 Å². The molecule has 0 spiro atoms. The van der Waals surface area contributed by atoms with E-state index in [9.17, 15) is 0 Å². The van der Waals surface area contributed by atoms with Gasteiger partial charge in [-0.2, -0.15) is 0 Å². The van der Waals surface area contributed by atoms with Crippen molar-refractivity contribution in [3.8, 4) is 0 Å². The number of unbranched alkanes of at least 4 members (excludes halogenated alkanes) is 1. The molecule has 0 aromatic heterocycles. The van der Waals surface area contributed by atoms with E-state index in [1.807, 2.05) is 6.08 Å². The summed E-state index contributed by atoms with van der Waals surface area (Å²) in [6, 6.07) is 0. The van der Waals surface area contributed by atoms with Gasteiger partial charge >= 0.3 is 0 Å². The third-order valence-corrected chi connectivity index (χ3v) is 1.89. The molecule has 0 heterocycles. The minimum absolute atomic E-state index is 1.05. The molecule has 0 saturated heterocycles. The van der Waals surface area contributed by atoms with Gasteiger partial charge in [0, 0.05) is 0 Å². The van der Waals surface area contributed by atoms with Crippen LogP contribution >= 0.6 is 0 Å². The fourth-order valence-electron chi connectivity index (χ4n) is 1.16. The van der Waals surface area contributed by atoms with E-state index in [1.165, 1.54) is 18.4 Å². The van der Waals surface area contributed by atoms with E-state index >= 15 is 0 Å². The highest BCUT2D eigenvalue weighted by atomic mass is 13.9. The highest BCUT2D eigenvalue weighted by Gasteiger charge is 1.90. The molecule has 0 amide bonds. The van der Waals surface area contributed by atoms with Crippen LogP contribution in [0.3, 0.4) is 0 Å². The van der Waals surface area contributed by atoms with Crippen molar-refractivity contribution >= 4 is 0 Å². The Morgan fingerprint density at radius 3 is 3.17 bits per heavy atom. The van der Waals surface area contributed by atoms with E-state index < -0.39 is 0 Å². The van der Waals surface area contributed by atoms with E-state index in [2.05, 4.69) is 37.0 Å². The van der Waals surface area contributed by atoms with Crippen LogP contribution in [0.2, 0.25) is 0 Å². The van der Waals surface area contributed by atoms with E-state index in [-0.39, 0.29) is 0 Å². The first-order valence-corrected chi connectivity index (χ1v) is 4.70. The molecule has 0 bridgehead atoms. The van der Waals surface area contributed by atoms with Crippen molar-refractivity contribution in [1.29, 1.82) is 0 Å². The van der Waals surface area contributed by atoms with Gasteiger partial charge in [-0.15, -0.1) is 5.73 Å². The van der Waals surface area contributed by atoms with Crippen molar-refractivity contribution in [1.82, 2.24) is 0 Å². The zero-order valence-electron chi connectivity index (χ0n) is 7.72. The van der Waals surface area contributed by atoms with Gasteiger partial charge in [0.1, 0.15) is 0 Å². The van der Waals surface area contributed by atoms with Crippen LogP contribution in [0.5, 0.6) is 0 Å². The first kappa shape index (κ1) is 9.09. The van der Waals surface area contributed by atoms with Crippen LogP contribution < -0.4 is 0 Å². The third-order valence-electron chi connectivity index (χ3n) is 1.89. The van der Waals surface area contributed by atoms with Gasteiger partial charge in [0.05, 0.1) is 0 Å². The molecule has 0 heteroatoms. The van der Waals surface area contributed by atoms with Crippen molar-refractivity contribution in [3.63, 3.8) is 0 Å². The molecule has 0 saturated carbocycles. The highest BCUT2D eigenvalue weighted by Crippen LogP contribution is 2.09. The summed E-state index contributed by atoms with van der Waals surface area (Å²) in [5.41, 5.74) is 4.61. The Morgan fingerprint density at radius 2 is 2.33 bits per heavy atom. The third kappa shape index (κ3) is 3.41. The van der Waals surface area contributed by atoms with Crippen molar-refractivity contribution in [2.75, 3.05) is 0 Å². The van der Waals surface area contributed by atoms with Gasteiger partial charge in [-0.05, 0) is 30.9 Å². The summed E-state index contributed by atoms with van der Waals surface area (Å²) in [6.45, 7) is 2.22. The zero-order valence-corrected chi connectivity index (χ0v) is 7.72. The summed E-state index contributed by atoms with van der Waals surface area (Å²) in [5, 5.41) is 0. The van der Waals surface area contributed by atoms with Gasteiger partial charge in [-0.3, -0.25) is 0 Å². The Labute approximate surface area is 75.0 Å². The molecule has 0 radical (unpaired) electrons. The van der Waals surface area contributed by atoms with Gasteiger partial charge in [0.15, 0.2) is 0 Å². The fourth-order valence-corrected chi connectivity index (χ4v) is 1.16. The molecule has 0 aliphatic heterocycles. The second kappa shape index (κ2) is 5.62. The number of allylic oxidation sites excluding steroid dienone is 5. The monoisotopic (exact) mass is 160 g/mol. The SMILES string of the molecule is CCCCC1=C=C/C=C\C/C=C\1. The largest absolute Gasteiger partial charge is 0.117 e. The lowest BCUT2D eigenvalue weighted by Crippen LogP contribution is -1.78. The highest BCUT2D eigenvalue weighted by molar-refractivity contribution is 5.23. The molecular formula is C12H16. The van der Waals surface area contributed by atoms with Crippen molar-refractivity contribution in [2.45, 2.75) is 32.6 Å². The topological polar surface area (TPSA) is 0 Å². The molecule has 0 fully saturated rings. The summed E-state index contributed by atoms with van der Waals surface area (Å²) in [5.74, 6) is 0. The van der Waals surface area contributed by atoms with Gasteiger partial charge in [-0.1, -0.05) is 37.6 Å². The van der Waals surface area contributed by atoms with Crippen LogP contribution in [0.1, 0.15) is 32.6 Å². The summed E-state index contributed by atoms with van der Waals surface area (Å²) in [6.07, 6.45) is 15.3. The second-order valence-electron chi connectivity index (χ2n) is 3.01. The van der Waals surface area contributed by atoms with Crippen LogP contribution in [0.25, 0.3) is 0 Å². The maximum absolute atomic E-state index is 3.27. The normalized spacial score (nSPS) is 20.9. The molecule has 0 unspecified atom stereocenters. The smallest absolute Gasteiger partial charge is 0.00634 e. The lowest BCUT2D eigenvalue weighted by molar-refractivity contribution is 0.798. The van der Waals surface area contributed by atoms with E-state index in [4.69, 9.17) is 0 Å². The number of rotatable bonds is 3. The Morgan fingerprint density at radius 1 is 1.42 bits per heavy atom. The first-order valence-electron chi connectivity index (χ1n) is 4.70. The number of hydrogen-bond donors (Lipinski definition) is 0. The van der Waals surface area contributed by atoms with Gasteiger partial charge in [0.25, 0.3) is 0 Å². The average Bonchev–Trinajstić information content (AvgIpc) is 2.02. The predicted molar refractivity (Wildman–Crippen MR) is 54.0 cm³/mol. The maximum atomic E-state index is 3.27. The summed E-state index contributed by atoms with van der Waals surface area (Å²) in [4.78, 5) is 0. The molecule has 12 heavy (non-hydrogen) atoms. The lowest BCUT2D eigenvalue weighted by Gasteiger charge is -1.97. The summed E-state index contributed by atoms with van der Waals surface area (Å²) in [7, 11) is 0. The molecule has 0 nitrogen and oxygen atoms in total. The lowest BCUT2D eigenvalue weighted by atomic mass is 10.1. The summed E-state index contributed by atoms with van der Waals surface area (Å²) >= 11 is 0. The van der Waals surface area contributed by atoms with Gasteiger partial charge < -0.3 is 0 Å². The first-order chi connectivity index (χ1) is 5.93. The van der Waals surface area contributed by atoms with Crippen LogP contribution in [0.15, 0.2) is 41.7 Å². The van der Waals surface area contributed by atoms with Crippen LogP contribution in [-0.4, -0.2) is 0 Å². The summed E-state index contributed by atoms with van der Waals surface area (Å²) < 4.78 is 0. The molecule has 1 rings (SSSR count). The van der Waals surface area contributed by atoms with Crippen LogP contribution in [-0.2, 0) is 0 Å². The molecule has 0 aromatic carbocycles. The molecular weight excluding hydrogens is 144 g/mol. The maximum Gasteiger partial charge on any atom is -0.00634 e. The molecule has 1 aliphatic carbocycles. The minimum atomic E-state index is 1.05. The van der Waals surface area contributed by atoms with Crippen molar-refractivity contribution in [3.05, 3.63) is 41.7 Å². The van der Waals surface area contributed by atoms with Crippen LogP contribution in [0, 0.1) is 0 Å². The minimum Gasteiger partial charge on any atom is -0.117 e. The van der Waals surface area contributed by atoms with Gasteiger partial charge in [0.2, 0.25) is 0 Å². The van der Waals surface area contributed by atoms with Crippen LogP contribution in [0.4, 0.5) is 0 Å². The second-order valence-corrected chi connectivity index (χ2v) is 3.01. The molecule has 0 N–H and O–H groups in total.